The number of phenolic OH excluding ortho intramolecular Hbond substituents is 1. The van der Waals surface area contributed by atoms with Gasteiger partial charge in [0.15, 0.2) is 9.75 Å². The molecule has 2 aliphatic carbocycles. The number of aryl methyl sites for hydroxylation is 2. The number of imide groups is 2. The fraction of sp³-hybridized carbons (Fsp3) is 0.278. The molecule has 1 N–H and O–H groups in total. The van der Waals surface area contributed by atoms with E-state index >= 15 is 0 Å². The van der Waals surface area contributed by atoms with E-state index in [0.29, 0.717) is 28.0 Å². The van der Waals surface area contributed by atoms with Crippen molar-refractivity contribution >= 4 is 64.3 Å². The Bertz CT molecular complexity index is 1880. The lowest BCUT2D eigenvalue weighted by Gasteiger charge is -2.50. The number of hydrogen-bond donors (Lipinski definition) is 1. The van der Waals surface area contributed by atoms with Crippen LogP contribution in [0, 0.1) is 37.4 Å². The highest BCUT2D eigenvalue weighted by Crippen LogP contribution is 2.66. The number of nitrogens with zero attached hydrogens (tertiary/aromatic N) is 2. The molecule has 3 fully saturated rings. The number of hydrogen-bond acceptors (Lipinski definition) is 5. The SMILES string of the molecule is C=Cc1ccc(N2C(=O)[C@H]3[C@H](CC=C4[C@H]3C[C@@]3(Cl)C(=O)N(c5ccc(F)cc5)C(=O)[C@@]3(Cl)[C@H]4c3cc(C)c(O)c(C)c3)C2=O)cc1. The zero-order valence-corrected chi connectivity index (χ0v) is 26.5. The minimum absolute atomic E-state index is 0.0750. The van der Waals surface area contributed by atoms with Crippen molar-refractivity contribution in [3.63, 3.8) is 0 Å². The number of aromatic hydroxyl groups is 1. The molecule has 3 aromatic rings. The number of amides is 4. The predicted molar refractivity (Wildman–Crippen MR) is 173 cm³/mol. The fourth-order valence-electron chi connectivity index (χ4n) is 7.94. The van der Waals surface area contributed by atoms with Crippen LogP contribution in [0.3, 0.4) is 0 Å². The Hall–Kier alpha value is -4.27. The van der Waals surface area contributed by atoms with Gasteiger partial charge in [-0.2, -0.15) is 0 Å². The molecule has 0 radical (unpaired) electrons. The lowest BCUT2D eigenvalue weighted by Crippen LogP contribution is -2.60. The van der Waals surface area contributed by atoms with Gasteiger partial charge < -0.3 is 5.11 Å². The summed E-state index contributed by atoms with van der Waals surface area (Å²) >= 11 is 14.8. The lowest BCUT2D eigenvalue weighted by atomic mass is 9.56. The minimum atomic E-state index is -2.04. The molecule has 7 rings (SSSR count). The van der Waals surface area contributed by atoms with Gasteiger partial charge in [0.1, 0.15) is 11.6 Å². The Balaban J connectivity index is 1.40. The molecule has 46 heavy (non-hydrogen) atoms. The van der Waals surface area contributed by atoms with Crippen LogP contribution in [0.1, 0.15) is 41.0 Å². The van der Waals surface area contributed by atoms with Crippen molar-refractivity contribution in [3.8, 4) is 5.75 Å². The number of fused-ring (bicyclic) bond motifs is 4. The van der Waals surface area contributed by atoms with Crippen LogP contribution >= 0.6 is 23.2 Å². The van der Waals surface area contributed by atoms with Gasteiger partial charge in [0, 0.05) is 5.92 Å². The molecule has 7 nitrogen and oxygen atoms in total. The van der Waals surface area contributed by atoms with E-state index < -0.39 is 57.0 Å². The molecule has 4 aliphatic rings. The third kappa shape index (κ3) is 3.96. The van der Waals surface area contributed by atoms with Crippen molar-refractivity contribution in [1.82, 2.24) is 0 Å². The Labute approximate surface area is 274 Å². The maximum absolute atomic E-state index is 14.5. The number of allylic oxidation sites excluding steroid dienone is 2. The van der Waals surface area contributed by atoms with Gasteiger partial charge in [0.25, 0.3) is 11.8 Å². The molecule has 2 aliphatic heterocycles. The quantitative estimate of drug-likeness (QED) is 0.195. The van der Waals surface area contributed by atoms with E-state index in [1.54, 1.807) is 56.3 Å². The number of phenols is 1. The molecule has 10 heteroatoms. The summed E-state index contributed by atoms with van der Waals surface area (Å²) in [6, 6.07) is 15.2. The van der Waals surface area contributed by atoms with Crippen LogP contribution in [0.4, 0.5) is 15.8 Å². The number of anilines is 2. The summed E-state index contributed by atoms with van der Waals surface area (Å²) in [5.41, 5.74) is 3.61. The van der Waals surface area contributed by atoms with Crippen LogP contribution in [-0.2, 0) is 19.2 Å². The van der Waals surface area contributed by atoms with E-state index in [1.165, 1.54) is 17.0 Å². The van der Waals surface area contributed by atoms with Gasteiger partial charge in [0.05, 0.1) is 23.2 Å². The van der Waals surface area contributed by atoms with Gasteiger partial charge in [-0.3, -0.25) is 24.1 Å². The Morgan fingerprint density at radius 2 is 1.46 bits per heavy atom. The van der Waals surface area contributed by atoms with E-state index in [1.807, 2.05) is 6.08 Å². The Morgan fingerprint density at radius 3 is 2.07 bits per heavy atom. The van der Waals surface area contributed by atoms with Gasteiger partial charge >= 0.3 is 0 Å². The van der Waals surface area contributed by atoms with E-state index in [9.17, 15) is 28.7 Å². The van der Waals surface area contributed by atoms with E-state index in [4.69, 9.17) is 23.2 Å². The summed E-state index contributed by atoms with van der Waals surface area (Å²) in [5, 5.41) is 10.6. The summed E-state index contributed by atoms with van der Waals surface area (Å²) in [6.07, 6.45) is 3.57. The van der Waals surface area contributed by atoms with Crippen molar-refractivity contribution in [3.05, 3.63) is 107 Å². The average molecular weight is 660 g/mol. The normalized spacial score (nSPS) is 30.2. The van der Waals surface area contributed by atoms with Gasteiger partial charge in [-0.15, -0.1) is 23.2 Å². The van der Waals surface area contributed by atoms with Crippen molar-refractivity contribution in [2.45, 2.75) is 42.4 Å². The molecular weight excluding hydrogens is 630 g/mol. The summed E-state index contributed by atoms with van der Waals surface area (Å²) < 4.78 is 13.9. The van der Waals surface area contributed by atoms with Gasteiger partial charge in [0.2, 0.25) is 11.8 Å². The summed E-state index contributed by atoms with van der Waals surface area (Å²) in [6.45, 7) is 7.19. The lowest BCUT2D eigenvalue weighted by molar-refractivity contribution is -0.125. The number of halogens is 3. The molecule has 3 aromatic carbocycles. The average Bonchev–Trinajstić information content (AvgIpc) is 3.38. The first-order valence-electron chi connectivity index (χ1n) is 15.0. The fourth-order valence-corrected chi connectivity index (χ4v) is 8.88. The van der Waals surface area contributed by atoms with Gasteiger partial charge in [-0.1, -0.05) is 48.6 Å². The molecule has 0 spiro atoms. The number of rotatable bonds is 4. The monoisotopic (exact) mass is 658 g/mol. The second kappa shape index (κ2) is 10.4. The smallest absolute Gasteiger partial charge is 0.258 e. The maximum Gasteiger partial charge on any atom is 0.258 e. The van der Waals surface area contributed by atoms with Crippen molar-refractivity contribution < 1.29 is 28.7 Å². The predicted octanol–water partition coefficient (Wildman–Crippen LogP) is 6.56. The van der Waals surface area contributed by atoms with E-state index in [2.05, 4.69) is 6.58 Å². The molecule has 0 aromatic heterocycles. The van der Waals surface area contributed by atoms with Crippen molar-refractivity contribution in [2.75, 3.05) is 9.80 Å². The molecule has 234 valence electrons. The number of carbonyl (C=O) groups is 4. The topological polar surface area (TPSA) is 95.0 Å². The van der Waals surface area contributed by atoms with E-state index in [-0.39, 0.29) is 30.2 Å². The highest BCUT2D eigenvalue weighted by Gasteiger charge is 2.76. The largest absolute Gasteiger partial charge is 0.507 e. The number of carbonyl (C=O) groups excluding carboxylic acids is 4. The highest BCUT2D eigenvalue weighted by atomic mass is 35.5. The Kier molecular flexibility index (Phi) is 6.85. The van der Waals surface area contributed by atoms with Crippen molar-refractivity contribution in [2.24, 2.45) is 17.8 Å². The standard InChI is InChI=1S/C36H29Cl2FN2O5/c1-4-20-5-9-23(10-6-20)40-31(43)26-14-13-25-27(28(26)32(40)44)17-35(37)33(45)41(24-11-7-22(39)8-12-24)34(46)36(35,38)29(25)21-15-18(2)30(42)19(3)16-21/h4-13,15-16,26-29,42H,1,14,17H2,2-3H3/t26-,27+,28-,29-,35+,36-/m0/s1. The van der Waals surface area contributed by atoms with Gasteiger partial charge in [-0.25, -0.2) is 9.29 Å². The molecule has 4 amide bonds. The van der Waals surface area contributed by atoms with Crippen LogP contribution in [0.2, 0.25) is 0 Å². The van der Waals surface area contributed by atoms with Crippen LogP contribution in [0.5, 0.6) is 5.75 Å². The summed E-state index contributed by atoms with van der Waals surface area (Å²) in [5.74, 6) is -6.05. The zero-order valence-electron chi connectivity index (χ0n) is 25.0. The molecule has 0 bridgehead atoms. The first-order valence-corrected chi connectivity index (χ1v) is 15.7. The highest BCUT2D eigenvalue weighted by molar-refractivity contribution is 6.58. The van der Waals surface area contributed by atoms with Crippen LogP contribution in [0.15, 0.2) is 78.9 Å². The van der Waals surface area contributed by atoms with Crippen LogP contribution in [0.25, 0.3) is 6.08 Å². The number of benzene rings is 3. The molecule has 2 heterocycles. The first kappa shape index (κ1) is 30.4. The molecule has 0 unspecified atom stereocenters. The first-order chi connectivity index (χ1) is 21.8. The molecule has 2 saturated heterocycles. The Morgan fingerprint density at radius 1 is 0.870 bits per heavy atom. The van der Waals surface area contributed by atoms with E-state index in [0.717, 1.165) is 22.6 Å². The maximum atomic E-state index is 14.5. The molecule has 1 saturated carbocycles. The second-order valence-electron chi connectivity index (χ2n) is 12.6. The number of alkyl halides is 2. The third-order valence-corrected chi connectivity index (χ3v) is 11.5. The van der Waals surface area contributed by atoms with Crippen LogP contribution in [-0.4, -0.2) is 38.5 Å². The van der Waals surface area contributed by atoms with Crippen LogP contribution < -0.4 is 9.80 Å². The minimum Gasteiger partial charge on any atom is -0.507 e. The molecule has 6 atom stereocenters. The summed E-state index contributed by atoms with van der Waals surface area (Å²) in [4.78, 5) is 54.9. The second-order valence-corrected chi connectivity index (χ2v) is 13.8. The third-order valence-electron chi connectivity index (χ3n) is 10.1. The zero-order chi connectivity index (χ0) is 32.9. The van der Waals surface area contributed by atoms with Crippen molar-refractivity contribution in [1.29, 1.82) is 0 Å². The molecular formula is C36H29Cl2FN2O5. The van der Waals surface area contributed by atoms with Gasteiger partial charge in [-0.05, 0) is 91.3 Å². The summed E-state index contributed by atoms with van der Waals surface area (Å²) in [7, 11) is 0.